The number of para-hydroxylation sites is 2. The Labute approximate surface area is 233 Å². The van der Waals surface area contributed by atoms with Crippen LogP contribution in [0.1, 0.15) is 56.3 Å². The normalized spacial score (nSPS) is 13.8. The first-order valence-electron chi connectivity index (χ1n) is 13.6. The van der Waals surface area contributed by atoms with Crippen LogP contribution in [0, 0.1) is 5.92 Å². The van der Waals surface area contributed by atoms with E-state index in [0.29, 0.717) is 0 Å². The largest absolute Gasteiger partial charge is 0.494 e. The number of H-pyrrole nitrogens is 1. The number of nitrogens with two attached hydrogens (primary N) is 1. The lowest BCUT2D eigenvalue weighted by molar-refractivity contribution is -0.125. The number of carbonyl (C=O) groups is 1. The molecule has 1 atom stereocenters. The van der Waals surface area contributed by atoms with Gasteiger partial charge in [0.1, 0.15) is 11.5 Å². The number of ether oxygens (including phenoxy) is 2. The number of carbonyl (C=O) groups excluding carboxylic acids is 1. The lowest BCUT2D eigenvalue weighted by Crippen LogP contribution is -2.34. The van der Waals surface area contributed by atoms with Gasteiger partial charge < -0.3 is 25.5 Å². The van der Waals surface area contributed by atoms with E-state index in [1.807, 2.05) is 60.7 Å². The highest BCUT2D eigenvalue weighted by Crippen LogP contribution is 2.22. The fourth-order valence-electron chi connectivity index (χ4n) is 4.22. The molecule has 1 amide bonds. The van der Waals surface area contributed by atoms with Crippen LogP contribution >= 0.6 is 12.4 Å². The van der Waals surface area contributed by atoms with Gasteiger partial charge in [-0.1, -0.05) is 36.4 Å². The van der Waals surface area contributed by atoms with Gasteiger partial charge in [0.25, 0.3) is 0 Å². The number of unbranched alkanes of at least 4 members (excludes halogenated alkanes) is 4. The number of rotatable bonds is 14. The molecule has 3 aromatic rings. The highest BCUT2D eigenvalue weighted by atomic mass is 35.5. The van der Waals surface area contributed by atoms with Crippen molar-refractivity contribution in [2.24, 2.45) is 11.7 Å². The average Bonchev–Trinajstić information content (AvgIpc) is 3.42. The molecule has 8 heteroatoms. The molecule has 1 aliphatic rings. The molecule has 1 aromatic heterocycles. The number of aromatic amines is 1. The summed E-state index contributed by atoms with van der Waals surface area (Å²) in [6.45, 7) is 3.05. The van der Waals surface area contributed by atoms with Crippen molar-refractivity contribution in [1.82, 2.24) is 15.3 Å². The lowest BCUT2D eigenvalue weighted by atomic mass is 9.89. The Morgan fingerprint density at radius 3 is 2.11 bits per heavy atom. The highest BCUT2D eigenvalue weighted by Gasteiger charge is 2.25. The molecule has 1 aliphatic carbocycles. The van der Waals surface area contributed by atoms with Crippen molar-refractivity contribution in [3.63, 3.8) is 0 Å². The standard InChI is InChI=1S/C19H25N3O2.C11H17NO.ClH/c23-19(15-9-10-17-18(13-15)22-14-21-17)20-11-5-2-6-12-24-16-7-3-1-4-8-16;12-9-5-2-6-10-13-11-7-3-1-4-8-11;/h1,3-4,7-8,14-15H,2,5-6,9-13H2,(H,20,23)(H,21,22);1,3-4,7-8H,2,5-6,9-10,12H2;1H. The molecule has 0 fully saturated rings. The molecule has 1 unspecified atom stereocenters. The van der Waals surface area contributed by atoms with E-state index in [9.17, 15) is 4.79 Å². The van der Waals surface area contributed by atoms with E-state index in [0.717, 1.165) is 107 Å². The number of hydrogen-bond acceptors (Lipinski definition) is 5. The number of hydrogen-bond donors (Lipinski definition) is 3. The number of imidazole rings is 1. The first-order valence-corrected chi connectivity index (χ1v) is 13.6. The molecule has 7 nitrogen and oxygen atoms in total. The summed E-state index contributed by atoms with van der Waals surface area (Å²) in [5.41, 5.74) is 7.63. The summed E-state index contributed by atoms with van der Waals surface area (Å²) in [7, 11) is 0. The molecule has 0 aliphatic heterocycles. The zero-order valence-corrected chi connectivity index (χ0v) is 23.1. The number of nitrogens with zero attached hydrogens (tertiary/aromatic N) is 1. The van der Waals surface area contributed by atoms with Gasteiger partial charge in [0.05, 0.1) is 25.2 Å². The molecule has 0 bridgehead atoms. The minimum Gasteiger partial charge on any atom is -0.494 e. The molecule has 0 radical (unpaired) electrons. The molecule has 1 heterocycles. The van der Waals surface area contributed by atoms with Gasteiger partial charge in [-0.15, -0.1) is 12.4 Å². The van der Waals surface area contributed by atoms with Gasteiger partial charge >= 0.3 is 0 Å². The maximum absolute atomic E-state index is 12.2. The van der Waals surface area contributed by atoms with Crippen LogP contribution in [0.15, 0.2) is 67.0 Å². The number of amides is 1. The summed E-state index contributed by atoms with van der Waals surface area (Å²) in [6.07, 6.45) is 10.7. The fraction of sp³-hybridized carbons (Fsp3) is 0.467. The first kappa shape index (κ1) is 31.2. The zero-order valence-electron chi connectivity index (χ0n) is 22.3. The molecule has 0 saturated carbocycles. The maximum Gasteiger partial charge on any atom is 0.223 e. The molecule has 38 heavy (non-hydrogen) atoms. The number of aryl methyl sites for hydroxylation is 1. The summed E-state index contributed by atoms with van der Waals surface area (Å²) in [5, 5.41) is 3.07. The molecule has 2 aromatic carbocycles. The molecule has 4 rings (SSSR count). The van der Waals surface area contributed by atoms with Gasteiger partial charge in [0, 0.05) is 24.6 Å². The van der Waals surface area contributed by atoms with E-state index < -0.39 is 0 Å². The topological polar surface area (TPSA) is 102 Å². The van der Waals surface area contributed by atoms with Crippen molar-refractivity contribution in [2.45, 2.75) is 57.8 Å². The lowest BCUT2D eigenvalue weighted by Gasteiger charge is -2.20. The minimum absolute atomic E-state index is 0. The van der Waals surface area contributed by atoms with E-state index in [1.54, 1.807) is 6.33 Å². The van der Waals surface area contributed by atoms with Crippen LogP contribution in [0.3, 0.4) is 0 Å². The highest BCUT2D eigenvalue weighted by molar-refractivity contribution is 5.85. The first-order chi connectivity index (χ1) is 18.3. The van der Waals surface area contributed by atoms with Crippen molar-refractivity contribution in [2.75, 3.05) is 26.3 Å². The van der Waals surface area contributed by atoms with Crippen molar-refractivity contribution in [3.8, 4) is 11.5 Å². The number of nitrogens with one attached hydrogen (secondary N) is 2. The number of halogens is 1. The molecule has 0 saturated heterocycles. The van der Waals surface area contributed by atoms with Crippen molar-refractivity contribution >= 4 is 18.3 Å². The van der Waals surface area contributed by atoms with E-state index >= 15 is 0 Å². The Morgan fingerprint density at radius 1 is 0.895 bits per heavy atom. The quantitative estimate of drug-likeness (QED) is 0.233. The van der Waals surface area contributed by atoms with Crippen LogP contribution in [0.4, 0.5) is 0 Å². The van der Waals surface area contributed by atoms with Crippen molar-refractivity contribution in [3.05, 3.63) is 78.4 Å². The summed E-state index contributed by atoms with van der Waals surface area (Å²) in [4.78, 5) is 19.7. The van der Waals surface area contributed by atoms with Crippen molar-refractivity contribution < 1.29 is 14.3 Å². The molecular weight excluding hydrogens is 500 g/mol. The van der Waals surface area contributed by atoms with Gasteiger partial charge in [-0.3, -0.25) is 4.79 Å². The van der Waals surface area contributed by atoms with Crippen LogP contribution in [-0.2, 0) is 17.6 Å². The Balaban J connectivity index is 0.000000309. The third-order valence-electron chi connectivity index (χ3n) is 6.35. The van der Waals surface area contributed by atoms with Crippen LogP contribution in [0.5, 0.6) is 11.5 Å². The second-order valence-corrected chi connectivity index (χ2v) is 9.29. The predicted octanol–water partition coefficient (Wildman–Crippen LogP) is 5.50. The summed E-state index contributed by atoms with van der Waals surface area (Å²) in [6, 6.07) is 19.8. The summed E-state index contributed by atoms with van der Waals surface area (Å²) in [5.74, 6) is 2.13. The monoisotopic (exact) mass is 542 g/mol. The van der Waals surface area contributed by atoms with Crippen LogP contribution in [0.2, 0.25) is 0 Å². The van der Waals surface area contributed by atoms with Gasteiger partial charge in [-0.05, 0) is 82.2 Å². The summed E-state index contributed by atoms with van der Waals surface area (Å²) < 4.78 is 11.2. The fourth-order valence-corrected chi connectivity index (χ4v) is 4.22. The van der Waals surface area contributed by atoms with E-state index in [1.165, 1.54) is 0 Å². The average molecular weight is 543 g/mol. The summed E-state index contributed by atoms with van der Waals surface area (Å²) >= 11 is 0. The predicted molar refractivity (Wildman–Crippen MR) is 155 cm³/mol. The van der Waals surface area contributed by atoms with Crippen molar-refractivity contribution in [1.29, 1.82) is 0 Å². The Bertz CT molecular complexity index is 1000. The SMILES string of the molecule is Cl.NCCCCCOc1ccccc1.O=C(NCCCCCOc1ccccc1)C1CCc2nc[nH]c2C1. The Hall–Kier alpha value is -3.03. The van der Waals surface area contributed by atoms with Gasteiger partial charge in [0.2, 0.25) is 5.91 Å². The molecule has 4 N–H and O–H groups in total. The molecule has 0 spiro atoms. The van der Waals surface area contributed by atoms with Crippen LogP contribution in [-0.4, -0.2) is 42.2 Å². The number of aromatic nitrogens is 2. The Morgan fingerprint density at radius 2 is 1.50 bits per heavy atom. The number of fused-ring (bicyclic) bond motifs is 1. The van der Waals surface area contributed by atoms with E-state index in [-0.39, 0.29) is 24.2 Å². The molecule has 208 valence electrons. The van der Waals surface area contributed by atoms with E-state index in [4.69, 9.17) is 15.2 Å². The van der Waals surface area contributed by atoms with E-state index in [2.05, 4.69) is 15.3 Å². The third-order valence-corrected chi connectivity index (χ3v) is 6.35. The van der Waals surface area contributed by atoms with Crippen LogP contribution in [0.25, 0.3) is 0 Å². The van der Waals surface area contributed by atoms with Gasteiger partial charge in [0.15, 0.2) is 0 Å². The second kappa shape index (κ2) is 19.1. The minimum atomic E-state index is 0. The third kappa shape index (κ3) is 12.0. The van der Waals surface area contributed by atoms with Crippen LogP contribution < -0.4 is 20.5 Å². The Kier molecular flexibility index (Phi) is 15.7. The van der Waals surface area contributed by atoms with Gasteiger partial charge in [-0.2, -0.15) is 0 Å². The zero-order chi connectivity index (χ0) is 26.0. The maximum atomic E-state index is 12.2. The smallest absolute Gasteiger partial charge is 0.223 e. The van der Waals surface area contributed by atoms with Gasteiger partial charge in [-0.25, -0.2) is 4.98 Å². The molecular formula is C30H43ClN4O3. The second-order valence-electron chi connectivity index (χ2n) is 9.29. The number of benzene rings is 2.